The third-order valence-electron chi connectivity index (χ3n) is 2.16. The fourth-order valence-electron chi connectivity index (χ4n) is 1.22. The van der Waals surface area contributed by atoms with Crippen LogP contribution in [0, 0.1) is 0 Å². The Bertz CT molecular complexity index is 377. The highest BCUT2D eigenvalue weighted by atomic mass is 16.2. The van der Waals surface area contributed by atoms with E-state index in [1.807, 2.05) is 13.8 Å². The molecule has 1 aromatic heterocycles. The molecule has 1 atom stereocenters. The highest BCUT2D eigenvalue weighted by molar-refractivity contribution is 5.92. The van der Waals surface area contributed by atoms with E-state index in [2.05, 4.69) is 20.5 Å². The molecule has 0 aromatic carbocycles. The van der Waals surface area contributed by atoms with Crippen LogP contribution in [0.4, 0.5) is 5.95 Å². The Morgan fingerprint density at radius 3 is 2.44 bits per heavy atom. The number of nitrogens with zero attached hydrogens (tertiary/aromatic N) is 3. The monoisotopic (exact) mass is 223 g/mol. The smallest absolute Gasteiger partial charge is 0.249 e. The summed E-state index contributed by atoms with van der Waals surface area (Å²) in [4.78, 5) is 15.5. The van der Waals surface area contributed by atoms with E-state index >= 15 is 0 Å². The maximum Gasteiger partial charge on any atom is 0.249 e. The Hall–Kier alpha value is -1.56. The zero-order valence-corrected chi connectivity index (χ0v) is 9.82. The molecule has 16 heavy (non-hydrogen) atoms. The van der Waals surface area contributed by atoms with Gasteiger partial charge in [0.25, 0.3) is 0 Å². The minimum absolute atomic E-state index is 0.219. The molecule has 1 aromatic rings. The topological polar surface area (TPSA) is 93.8 Å². The number of nitrogens with two attached hydrogens (primary N) is 1. The summed E-state index contributed by atoms with van der Waals surface area (Å²) in [5, 5.41) is 10.4. The molecule has 0 saturated heterocycles. The second-order valence-electron chi connectivity index (χ2n) is 3.51. The molecule has 1 amide bonds. The van der Waals surface area contributed by atoms with Crippen LogP contribution in [0.5, 0.6) is 0 Å². The summed E-state index contributed by atoms with van der Waals surface area (Å²) >= 11 is 0. The predicted molar refractivity (Wildman–Crippen MR) is 60.9 cm³/mol. The van der Waals surface area contributed by atoms with Crippen molar-refractivity contribution in [3.8, 4) is 0 Å². The summed E-state index contributed by atoms with van der Waals surface area (Å²) in [6, 6.07) is -0.584. The molecule has 6 nitrogen and oxygen atoms in total. The van der Waals surface area contributed by atoms with E-state index in [1.165, 1.54) is 0 Å². The van der Waals surface area contributed by atoms with E-state index in [-0.39, 0.29) is 11.9 Å². The maximum absolute atomic E-state index is 11.3. The average molecular weight is 223 g/mol. The van der Waals surface area contributed by atoms with Gasteiger partial charge >= 0.3 is 0 Å². The number of anilines is 1. The summed E-state index contributed by atoms with van der Waals surface area (Å²) in [5.74, 6) is -0.0931. The van der Waals surface area contributed by atoms with Crippen LogP contribution in [0.1, 0.15) is 32.2 Å². The van der Waals surface area contributed by atoms with E-state index in [1.54, 1.807) is 6.92 Å². The van der Waals surface area contributed by atoms with Crippen LogP contribution in [0.3, 0.4) is 0 Å². The van der Waals surface area contributed by atoms with Crippen molar-refractivity contribution in [2.45, 2.75) is 39.7 Å². The number of aryl methyl sites for hydroxylation is 2. The van der Waals surface area contributed by atoms with Crippen molar-refractivity contribution in [1.82, 2.24) is 15.2 Å². The van der Waals surface area contributed by atoms with E-state index < -0.39 is 6.04 Å². The van der Waals surface area contributed by atoms with Gasteiger partial charge in [-0.05, 0) is 19.8 Å². The molecule has 0 radical (unpaired) electrons. The van der Waals surface area contributed by atoms with Crippen molar-refractivity contribution < 1.29 is 4.79 Å². The summed E-state index contributed by atoms with van der Waals surface area (Å²) in [6.45, 7) is 5.58. The third-order valence-corrected chi connectivity index (χ3v) is 2.16. The molecular weight excluding hydrogens is 206 g/mol. The molecule has 88 valence electrons. The number of carbonyl (C=O) groups is 1. The van der Waals surface area contributed by atoms with Gasteiger partial charge < -0.3 is 5.73 Å². The fraction of sp³-hybridized carbons (Fsp3) is 0.600. The van der Waals surface area contributed by atoms with Crippen molar-refractivity contribution in [1.29, 1.82) is 0 Å². The maximum atomic E-state index is 11.3. The van der Waals surface area contributed by atoms with Gasteiger partial charge in [0.2, 0.25) is 11.9 Å². The lowest BCUT2D eigenvalue weighted by Gasteiger charge is -2.08. The molecule has 0 bridgehead atoms. The van der Waals surface area contributed by atoms with Crippen molar-refractivity contribution in [3.63, 3.8) is 0 Å². The Morgan fingerprint density at radius 2 is 1.94 bits per heavy atom. The lowest BCUT2D eigenvalue weighted by Crippen LogP contribution is -2.33. The average Bonchev–Trinajstić information content (AvgIpc) is 2.28. The summed E-state index contributed by atoms with van der Waals surface area (Å²) in [7, 11) is 0. The minimum atomic E-state index is -0.584. The van der Waals surface area contributed by atoms with Crippen LogP contribution < -0.4 is 11.1 Å². The van der Waals surface area contributed by atoms with E-state index in [9.17, 15) is 4.79 Å². The number of nitrogens with one attached hydrogen (secondary N) is 1. The van der Waals surface area contributed by atoms with Gasteiger partial charge in [0.1, 0.15) is 0 Å². The van der Waals surface area contributed by atoms with Gasteiger partial charge in [-0.15, -0.1) is 10.2 Å². The van der Waals surface area contributed by atoms with Crippen LogP contribution in [0.15, 0.2) is 0 Å². The zero-order chi connectivity index (χ0) is 12.1. The van der Waals surface area contributed by atoms with Gasteiger partial charge in [-0.2, -0.15) is 0 Å². The Morgan fingerprint density at radius 1 is 1.31 bits per heavy atom. The first-order valence-corrected chi connectivity index (χ1v) is 5.37. The standard InChI is InChI=1S/C10H17N5O/c1-4-7-8(5-2)14-15-10(12-7)13-9(16)6(3)11/h6H,4-5,11H2,1-3H3,(H,12,13,15,16). The summed E-state index contributed by atoms with van der Waals surface area (Å²) in [5.41, 5.74) is 7.14. The molecule has 6 heteroatoms. The van der Waals surface area contributed by atoms with Gasteiger partial charge in [-0.1, -0.05) is 13.8 Å². The van der Waals surface area contributed by atoms with Crippen LogP contribution in [0.2, 0.25) is 0 Å². The third kappa shape index (κ3) is 2.96. The Labute approximate surface area is 94.7 Å². The van der Waals surface area contributed by atoms with Crippen molar-refractivity contribution in [2.75, 3.05) is 5.32 Å². The first-order valence-electron chi connectivity index (χ1n) is 5.37. The van der Waals surface area contributed by atoms with Crippen molar-refractivity contribution in [2.24, 2.45) is 5.73 Å². The molecule has 0 aliphatic heterocycles. The lowest BCUT2D eigenvalue weighted by atomic mass is 10.2. The van der Waals surface area contributed by atoms with E-state index in [4.69, 9.17) is 5.73 Å². The SMILES string of the molecule is CCc1nnc(NC(=O)C(C)N)nc1CC. The molecule has 1 unspecified atom stereocenters. The molecule has 0 saturated carbocycles. The van der Waals surface area contributed by atoms with Crippen LogP contribution in [0.25, 0.3) is 0 Å². The van der Waals surface area contributed by atoms with Crippen molar-refractivity contribution >= 4 is 11.9 Å². The van der Waals surface area contributed by atoms with Gasteiger partial charge in [0, 0.05) is 0 Å². The predicted octanol–water partition coefficient (Wildman–Crippen LogP) is 0.282. The van der Waals surface area contributed by atoms with E-state index in [0.717, 1.165) is 24.2 Å². The Kier molecular flexibility index (Phi) is 4.30. The molecule has 1 rings (SSSR count). The number of hydrogen-bond acceptors (Lipinski definition) is 5. The Balaban J connectivity index is 2.87. The zero-order valence-electron chi connectivity index (χ0n) is 9.82. The number of hydrogen-bond donors (Lipinski definition) is 2. The van der Waals surface area contributed by atoms with Gasteiger partial charge in [0.15, 0.2) is 0 Å². The van der Waals surface area contributed by atoms with Crippen LogP contribution in [-0.2, 0) is 17.6 Å². The fourth-order valence-corrected chi connectivity index (χ4v) is 1.22. The highest BCUT2D eigenvalue weighted by Crippen LogP contribution is 2.06. The molecule has 0 fully saturated rings. The summed E-state index contributed by atoms with van der Waals surface area (Å²) in [6.07, 6.45) is 1.55. The normalized spacial score (nSPS) is 12.2. The van der Waals surface area contributed by atoms with Crippen molar-refractivity contribution in [3.05, 3.63) is 11.4 Å². The molecule has 0 aliphatic rings. The minimum Gasteiger partial charge on any atom is -0.320 e. The number of rotatable bonds is 4. The largest absolute Gasteiger partial charge is 0.320 e. The van der Waals surface area contributed by atoms with Crippen LogP contribution >= 0.6 is 0 Å². The first-order chi connectivity index (χ1) is 7.58. The van der Waals surface area contributed by atoms with Crippen LogP contribution in [-0.4, -0.2) is 27.1 Å². The first kappa shape index (κ1) is 12.5. The number of aromatic nitrogens is 3. The molecule has 3 N–H and O–H groups in total. The number of carbonyl (C=O) groups excluding carboxylic acids is 1. The number of amides is 1. The van der Waals surface area contributed by atoms with Gasteiger partial charge in [-0.3, -0.25) is 10.1 Å². The highest BCUT2D eigenvalue weighted by Gasteiger charge is 2.11. The summed E-state index contributed by atoms with van der Waals surface area (Å²) < 4.78 is 0. The molecule has 0 spiro atoms. The quantitative estimate of drug-likeness (QED) is 0.764. The van der Waals surface area contributed by atoms with Gasteiger partial charge in [0.05, 0.1) is 17.4 Å². The molecule has 0 aliphatic carbocycles. The second-order valence-corrected chi connectivity index (χ2v) is 3.51. The van der Waals surface area contributed by atoms with Gasteiger partial charge in [-0.25, -0.2) is 4.98 Å². The lowest BCUT2D eigenvalue weighted by molar-refractivity contribution is -0.117. The van der Waals surface area contributed by atoms with E-state index in [0.29, 0.717) is 0 Å². The second kappa shape index (κ2) is 5.50. The molecule has 1 heterocycles. The molecular formula is C10H17N5O.